The van der Waals surface area contributed by atoms with Crippen molar-refractivity contribution in [2.45, 2.75) is 11.8 Å². The van der Waals surface area contributed by atoms with Gasteiger partial charge in [0.2, 0.25) is 0 Å². The molecule has 2 aromatic rings. The van der Waals surface area contributed by atoms with E-state index in [9.17, 15) is 13.2 Å². The smallest absolute Gasteiger partial charge is 0.326 e. The van der Waals surface area contributed by atoms with Crippen molar-refractivity contribution in [3.8, 4) is 5.75 Å². The molecule has 2 aromatic carbocycles. The Labute approximate surface area is 141 Å². The highest BCUT2D eigenvalue weighted by Crippen LogP contribution is 2.32. The van der Waals surface area contributed by atoms with Gasteiger partial charge < -0.3 is 9.47 Å². The summed E-state index contributed by atoms with van der Waals surface area (Å²) in [6.07, 6.45) is 0. The van der Waals surface area contributed by atoms with Gasteiger partial charge in [-0.15, -0.1) is 0 Å². The molecule has 0 unspecified atom stereocenters. The Balaban J connectivity index is 2.57. The van der Waals surface area contributed by atoms with Gasteiger partial charge in [-0.2, -0.15) is 0 Å². The lowest BCUT2D eigenvalue weighted by Crippen LogP contribution is -2.36. The molecule has 0 amide bonds. The number of esters is 1. The van der Waals surface area contributed by atoms with Crippen LogP contribution in [0.2, 0.25) is 0 Å². The van der Waals surface area contributed by atoms with Gasteiger partial charge in [-0.3, -0.25) is 9.10 Å². The molecule has 0 aromatic heterocycles. The molecule has 0 heterocycles. The molecule has 0 aliphatic rings. The summed E-state index contributed by atoms with van der Waals surface area (Å²) in [5.74, 6) is -0.325. The molecule has 0 radical (unpaired) electrons. The Morgan fingerprint density at radius 1 is 1.04 bits per heavy atom. The number of aryl methyl sites for hydroxylation is 1. The number of methoxy groups -OCH3 is 2. The second-order valence-corrected chi connectivity index (χ2v) is 6.94. The maximum absolute atomic E-state index is 13.0. The number of rotatable bonds is 6. The first kappa shape index (κ1) is 17.8. The lowest BCUT2D eigenvalue weighted by Gasteiger charge is -2.25. The second kappa shape index (κ2) is 7.35. The maximum Gasteiger partial charge on any atom is 0.326 e. The Bertz CT molecular complexity index is 815. The van der Waals surface area contributed by atoms with Gasteiger partial charge in [0, 0.05) is 0 Å². The van der Waals surface area contributed by atoms with E-state index in [1.54, 1.807) is 36.4 Å². The molecule has 0 saturated carbocycles. The fraction of sp³-hybridized carbons (Fsp3) is 0.235. The van der Waals surface area contributed by atoms with Crippen molar-refractivity contribution in [1.29, 1.82) is 0 Å². The van der Waals surface area contributed by atoms with Crippen LogP contribution in [0.15, 0.2) is 53.4 Å². The van der Waals surface area contributed by atoms with Crippen LogP contribution in [0.5, 0.6) is 5.75 Å². The topological polar surface area (TPSA) is 72.9 Å². The van der Waals surface area contributed by atoms with E-state index in [1.165, 1.54) is 26.4 Å². The van der Waals surface area contributed by atoms with E-state index in [2.05, 4.69) is 4.74 Å². The molecule has 0 aliphatic carbocycles. The van der Waals surface area contributed by atoms with Crippen LogP contribution in [0.1, 0.15) is 5.56 Å². The summed E-state index contributed by atoms with van der Waals surface area (Å²) in [4.78, 5) is 11.8. The molecule has 24 heavy (non-hydrogen) atoms. The van der Waals surface area contributed by atoms with E-state index in [4.69, 9.17) is 4.74 Å². The van der Waals surface area contributed by atoms with E-state index in [0.29, 0.717) is 5.75 Å². The molecule has 0 saturated heterocycles. The third-order valence-electron chi connectivity index (χ3n) is 3.46. The third-order valence-corrected chi connectivity index (χ3v) is 5.24. The van der Waals surface area contributed by atoms with Gasteiger partial charge >= 0.3 is 5.97 Å². The standard InChI is InChI=1S/C17H19NO5S/c1-13-8-10-14(11-9-13)24(20,21)18(12-17(19)23-3)15-6-4-5-7-16(15)22-2/h4-11H,12H2,1-3H3. The Kier molecular flexibility index (Phi) is 5.46. The molecule has 6 nitrogen and oxygen atoms in total. The fourth-order valence-corrected chi connectivity index (χ4v) is 3.57. The predicted octanol–water partition coefficient (Wildman–Crippen LogP) is 2.37. The number of benzene rings is 2. The van der Waals surface area contributed by atoms with Crippen LogP contribution < -0.4 is 9.04 Å². The summed E-state index contributed by atoms with van der Waals surface area (Å²) in [6.45, 7) is 1.41. The van der Waals surface area contributed by atoms with Crippen LogP contribution in [0.25, 0.3) is 0 Å². The minimum atomic E-state index is -3.96. The van der Waals surface area contributed by atoms with Crippen molar-refractivity contribution >= 4 is 21.7 Å². The zero-order valence-corrected chi connectivity index (χ0v) is 14.5. The van der Waals surface area contributed by atoms with Crippen LogP contribution in [0, 0.1) is 6.92 Å². The van der Waals surface area contributed by atoms with Crippen molar-refractivity contribution < 1.29 is 22.7 Å². The van der Waals surface area contributed by atoms with Crippen molar-refractivity contribution in [3.63, 3.8) is 0 Å². The van der Waals surface area contributed by atoms with Gasteiger partial charge in [0.05, 0.1) is 24.8 Å². The van der Waals surface area contributed by atoms with Crippen LogP contribution in [-0.2, 0) is 19.6 Å². The van der Waals surface area contributed by atoms with Gasteiger partial charge in [0.25, 0.3) is 10.0 Å². The highest BCUT2D eigenvalue weighted by atomic mass is 32.2. The number of para-hydroxylation sites is 2. The summed E-state index contributed by atoms with van der Waals surface area (Å²) >= 11 is 0. The average Bonchev–Trinajstić information content (AvgIpc) is 2.59. The molecule has 2 rings (SSSR count). The maximum atomic E-state index is 13.0. The first-order valence-electron chi connectivity index (χ1n) is 7.19. The van der Waals surface area contributed by atoms with Gasteiger partial charge in [-0.1, -0.05) is 29.8 Å². The van der Waals surface area contributed by atoms with E-state index < -0.39 is 22.5 Å². The van der Waals surface area contributed by atoms with Crippen LogP contribution >= 0.6 is 0 Å². The summed E-state index contributed by atoms with van der Waals surface area (Å²) in [5, 5.41) is 0. The molecule has 0 aliphatic heterocycles. The summed E-state index contributed by atoms with van der Waals surface area (Å²) in [7, 11) is -1.31. The van der Waals surface area contributed by atoms with E-state index >= 15 is 0 Å². The van der Waals surface area contributed by atoms with Crippen LogP contribution in [0.3, 0.4) is 0 Å². The Hall–Kier alpha value is -2.54. The number of sulfonamides is 1. The minimum absolute atomic E-state index is 0.0860. The Morgan fingerprint density at radius 3 is 2.25 bits per heavy atom. The zero-order chi connectivity index (χ0) is 17.7. The Morgan fingerprint density at radius 2 is 1.67 bits per heavy atom. The van der Waals surface area contributed by atoms with Crippen LogP contribution in [0.4, 0.5) is 5.69 Å². The second-order valence-electron chi connectivity index (χ2n) is 5.07. The molecular formula is C17H19NO5S. The van der Waals surface area contributed by atoms with Gasteiger partial charge in [0.15, 0.2) is 0 Å². The average molecular weight is 349 g/mol. The number of ether oxygens (including phenoxy) is 2. The molecule has 7 heteroatoms. The summed E-state index contributed by atoms with van der Waals surface area (Å²) in [6, 6.07) is 13.0. The molecular weight excluding hydrogens is 330 g/mol. The quantitative estimate of drug-likeness (QED) is 0.749. The third kappa shape index (κ3) is 3.68. The van der Waals surface area contributed by atoms with Crippen molar-refractivity contribution in [2.75, 3.05) is 25.1 Å². The fourth-order valence-electron chi connectivity index (χ4n) is 2.15. The van der Waals surface area contributed by atoms with E-state index in [1.807, 2.05) is 6.92 Å². The first-order valence-corrected chi connectivity index (χ1v) is 8.63. The highest BCUT2D eigenvalue weighted by molar-refractivity contribution is 7.92. The lowest BCUT2D eigenvalue weighted by atomic mass is 10.2. The highest BCUT2D eigenvalue weighted by Gasteiger charge is 2.29. The van der Waals surface area contributed by atoms with Gasteiger partial charge in [-0.25, -0.2) is 8.42 Å². The monoisotopic (exact) mass is 349 g/mol. The normalized spacial score (nSPS) is 11.0. The summed E-state index contributed by atoms with van der Waals surface area (Å²) < 4.78 is 36.9. The zero-order valence-electron chi connectivity index (χ0n) is 13.7. The lowest BCUT2D eigenvalue weighted by molar-refractivity contribution is -0.138. The molecule has 0 atom stereocenters. The van der Waals surface area contributed by atoms with E-state index in [0.717, 1.165) is 9.87 Å². The van der Waals surface area contributed by atoms with Crippen molar-refractivity contribution in [2.24, 2.45) is 0 Å². The SMILES string of the molecule is COC(=O)CN(c1ccccc1OC)S(=O)(=O)c1ccc(C)cc1. The molecule has 0 bridgehead atoms. The van der Waals surface area contributed by atoms with Crippen LogP contribution in [-0.4, -0.2) is 35.2 Å². The number of nitrogens with zero attached hydrogens (tertiary/aromatic N) is 1. The molecule has 128 valence electrons. The van der Waals surface area contributed by atoms with E-state index in [-0.39, 0.29) is 10.6 Å². The van der Waals surface area contributed by atoms with Gasteiger partial charge in [0.1, 0.15) is 12.3 Å². The number of hydrogen-bond donors (Lipinski definition) is 0. The minimum Gasteiger partial charge on any atom is -0.495 e. The van der Waals surface area contributed by atoms with Gasteiger partial charge in [-0.05, 0) is 31.2 Å². The number of carbonyl (C=O) groups excluding carboxylic acids is 1. The molecule has 0 spiro atoms. The number of anilines is 1. The molecule has 0 fully saturated rings. The largest absolute Gasteiger partial charge is 0.495 e. The summed E-state index contributed by atoms with van der Waals surface area (Å²) in [5.41, 5.74) is 1.21. The predicted molar refractivity (Wildman–Crippen MR) is 90.7 cm³/mol. The first-order chi connectivity index (χ1) is 11.4. The number of hydrogen-bond acceptors (Lipinski definition) is 5. The van der Waals surface area contributed by atoms with Crippen molar-refractivity contribution in [1.82, 2.24) is 0 Å². The molecule has 0 N–H and O–H groups in total. The number of carbonyl (C=O) groups is 1. The van der Waals surface area contributed by atoms with Crippen molar-refractivity contribution in [3.05, 3.63) is 54.1 Å².